The van der Waals surface area contributed by atoms with E-state index in [0.29, 0.717) is 13.2 Å². The largest absolute Gasteiger partial charge is 0.494 e. The summed E-state index contributed by atoms with van der Waals surface area (Å²) in [6.07, 6.45) is 0.360. The molecule has 1 rings (SSSR count). The van der Waals surface area contributed by atoms with Gasteiger partial charge >= 0.3 is 0 Å². The maximum Gasteiger partial charge on any atom is 0.232 e. The highest BCUT2D eigenvalue weighted by molar-refractivity contribution is 7.92. The summed E-state index contributed by atoms with van der Waals surface area (Å²) in [5.74, 6) is -0.596. The third-order valence-corrected chi connectivity index (χ3v) is 4.00. The van der Waals surface area contributed by atoms with Crippen molar-refractivity contribution < 1.29 is 27.0 Å². The molecule has 0 saturated heterocycles. The van der Waals surface area contributed by atoms with Crippen LogP contribution in [0.4, 0.5) is 10.1 Å². The van der Waals surface area contributed by atoms with Gasteiger partial charge in [-0.2, -0.15) is 0 Å². The molecule has 6 nitrogen and oxygen atoms in total. The van der Waals surface area contributed by atoms with Crippen LogP contribution in [0, 0.1) is 5.82 Å². The molecule has 0 aliphatic heterocycles. The molecule has 8 heteroatoms. The molecule has 0 radical (unpaired) electrons. The predicted octanol–water partition coefficient (Wildman–Crippen LogP) is 2.00. The van der Waals surface area contributed by atoms with Crippen molar-refractivity contribution in [1.29, 1.82) is 0 Å². The second kappa shape index (κ2) is 8.30. The Bertz CT molecular complexity index is 573. The van der Waals surface area contributed by atoms with Gasteiger partial charge in [0.25, 0.3) is 0 Å². The average Bonchev–Trinajstić information content (AvgIpc) is 2.44. The van der Waals surface area contributed by atoms with E-state index in [9.17, 15) is 12.8 Å². The number of ether oxygens (including phenoxy) is 3. The maximum absolute atomic E-state index is 13.5. The Hall–Kier alpha value is -1.38. The third-order valence-electron chi connectivity index (χ3n) is 2.84. The smallest absolute Gasteiger partial charge is 0.232 e. The van der Waals surface area contributed by atoms with E-state index in [0.717, 1.165) is 16.6 Å². The van der Waals surface area contributed by atoms with Crippen molar-refractivity contribution in [1.82, 2.24) is 0 Å². The Balaban J connectivity index is 3.13. The number of sulfonamides is 1. The van der Waals surface area contributed by atoms with Gasteiger partial charge in [0.1, 0.15) is 0 Å². The molecule has 1 aromatic rings. The lowest BCUT2D eigenvalue weighted by atomic mass is 10.3. The zero-order valence-corrected chi connectivity index (χ0v) is 14.0. The summed E-state index contributed by atoms with van der Waals surface area (Å²) in [4.78, 5) is 0. The lowest BCUT2D eigenvalue weighted by molar-refractivity contribution is -0.128. The van der Waals surface area contributed by atoms with Crippen LogP contribution in [0.2, 0.25) is 0 Å². The summed E-state index contributed by atoms with van der Waals surface area (Å²) < 4.78 is 54.3. The van der Waals surface area contributed by atoms with E-state index >= 15 is 0 Å². The number of benzene rings is 1. The molecular weight excluding hydrogens is 313 g/mol. The number of nitrogens with zero attached hydrogens (tertiary/aromatic N) is 1. The number of rotatable bonds is 9. The van der Waals surface area contributed by atoms with Crippen LogP contribution in [-0.4, -0.2) is 47.8 Å². The van der Waals surface area contributed by atoms with Gasteiger partial charge in [0, 0.05) is 19.3 Å². The normalized spacial score (nSPS) is 11.7. The first-order valence-corrected chi connectivity index (χ1v) is 8.72. The molecule has 22 heavy (non-hydrogen) atoms. The van der Waals surface area contributed by atoms with Crippen LogP contribution >= 0.6 is 0 Å². The molecular formula is C14H22FNO5S. The van der Waals surface area contributed by atoms with Crippen molar-refractivity contribution in [3.8, 4) is 5.75 Å². The van der Waals surface area contributed by atoms with Gasteiger partial charge in [0.2, 0.25) is 10.0 Å². The molecule has 0 amide bonds. The molecule has 0 bridgehead atoms. The van der Waals surface area contributed by atoms with Crippen molar-refractivity contribution in [2.24, 2.45) is 0 Å². The summed E-state index contributed by atoms with van der Waals surface area (Å²) in [6.45, 7) is 4.31. The van der Waals surface area contributed by atoms with E-state index in [-0.39, 0.29) is 18.0 Å². The number of halogens is 1. The summed E-state index contributed by atoms with van der Waals surface area (Å²) in [7, 11) is -2.28. The van der Waals surface area contributed by atoms with Crippen molar-refractivity contribution >= 4 is 15.7 Å². The van der Waals surface area contributed by atoms with Gasteiger partial charge in [0.05, 0.1) is 25.6 Å². The van der Waals surface area contributed by atoms with Crippen LogP contribution in [0.15, 0.2) is 18.2 Å². The van der Waals surface area contributed by atoms with Gasteiger partial charge in [-0.1, -0.05) is 0 Å². The molecule has 0 N–H and O–H groups in total. The summed E-state index contributed by atoms with van der Waals surface area (Å²) in [5, 5.41) is 0. The zero-order valence-electron chi connectivity index (χ0n) is 13.2. The van der Waals surface area contributed by atoms with Crippen LogP contribution in [0.1, 0.15) is 13.8 Å². The number of hydrogen-bond acceptors (Lipinski definition) is 5. The molecule has 0 atom stereocenters. The fourth-order valence-electron chi connectivity index (χ4n) is 1.90. The van der Waals surface area contributed by atoms with Crippen LogP contribution in [0.25, 0.3) is 0 Å². The molecule has 0 unspecified atom stereocenters. The minimum Gasteiger partial charge on any atom is -0.494 e. The summed E-state index contributed by atoms with van der Waals surface area (Å²) >= 11 is 0. The van der Waals surface area contributed by atoms with Gasteiger partial charge in [-0.15, -0.1) is 0 Å². The second-order valence-corrected chi connectivity index (χ2v) is 6.36. The van der Waals surface area contributed by atoms with E-state index in [1.165, 1.54) is 19.2 Å². The van der Waals surface area contributed by atoms with Crippen LogP contribution in [0.5, 0.6) is 5.75 Å². The molecule has 0 saturated carbocycles. The molecule has 0 heterocycles. The van der Waals surface area contributed by atoms with Gasteiger partial charge in [-0.05, 0) is 26.0 Å². The Kier molecular flexibility index (Phi) is 7.05. The Morgan fingerprint density at radius 2 is 1.82 bits per heavy atom. The number of methoxy groups -OCH3 is 1. The quantitative estimate of drug-likeness (QED) is 0.646. The standard InChI is InChI=1S/C14H22FNO5S/c1-5-20-14(21-6-2)10-16(22(4,17)18)11-7-8-12(15)13(9-11)19-3/h7-9,14H,5-6,10H2,1-4H3. The van der Waals surface area contributed by atoms with Crippen LogP contribution < -0.4 is 9.04 Å². The first kappa shape index (κ1) is 18.7. The third kappa shape index (κ3) is 5.11. The van der Waals surface area contributed by atoms with Crippen molar-refractivity contribution in [3.63, 3.8) is 0 Å². The average molecular weight is 335 g/mol. The minimum absolute atomic E-state index is 0.0319. The van der Waals surface area contributed by atoms with Gasteiger partial charge < -0.3 is 14.2 Å². The Labute approximate surface area is 130 Å². The van der Waals surface area contributed by atoms with E-state index in [1.54, 1.807) is 13.8 Å². The molecule has 1 aromatic carbocycles. The minimum atomic E-state index is -3.59. The fraction of sp³-hybridized carbons (Fsp3) is 0.571. The van der Waals surface area contributed by atoms with Gasteiger partial charge in [0.15, 0.2) is 17.9 Å². The zero-order chi connectivity index (χ0) is 16.8. The number of anilines is 1. The summed E-state index contributed by atoms with van der Waals surface area (Å²) in [6, 6.07) is 3.85. The maximum atomic E-state index is 13.5. The lowest BCUT2D eigenvalue weighted by Crippen LogP contribution is -2.39. The first-order chi connectivity index (χ1) is 10.3. The van der Waals surface area contributed by atoms with Gasteiger partial charge in [-0.3, -0.25) is 4.31 Å². The van der Waals surface area contributed by atoms with Crippen LogP contribution in [-0.2, 0) is 19.5 Å². The van der Waals surface area contributed by atoms with Crippen molar-refractivity contribution in [2.75, 3.05) is 37.4 Å². The Morgan fingerprint density at radius 1 is 1.23 bits per heavy atom. The highest BCUT2D eigenvalue weighted by atomic mass is 32.2. The number of hydrogen-bond donors (Lipinski definition) is 0. The lowest BCUT2D eigenvalue weighted by Gasteiger charge is -2.27. The van der Waals surface area contributed by atoms with E-state index in [2.05, 4.69) is 0 Å². The predicted molar refractivity (Wildman–Crippen MR) is 82.2 cm³/mol. The Morgan fingerprint density at radius 3 is 2.27 bits per heavy atom. The van der Waals surface area contributed by atoms with Gasteiger partial charge in [-0.25, -0.2) is 12.8 Å². The molecule has 0 fully saturated rings. The SMILES string of the molecule is CCOC(CN(c1ccc(F)c(OC)c1)S(C)(=O)=O)OCC. The van der Waals surface area contributed by atoms with E-state index in [4.69, 9.17) is 14.2 Å². The monoisotopic (exact) mass is 335 g/mol. The van der Waals surface area contributed by atoms with Crippen LogP contribution in [0.3, 0.4) is 0 Å². The van der Waals surface area contributed by atoms with Crippen molar-refractivity contribution in [3.05, 3.63) is 24.0 Å². The molecule has 0 aliphatic carbocycles. The van der Waals surface area contributed by atoms with Crippen molar-refractivity contribution in [2.45, 2.75) is 20.1 Å². The molecule has 0 aromatic heterocycles. The fourth-order valence-corrected chi connectivity index (χ4v) is 2.79. The molecule has 0 aliphatic rings. The second-order valence-electron chi connectivity index (χ2n) is 4.45. The molecule has 126 valence electrons. The first-order valence-electron chi connectivity index (χ1n) is 6.87. The summed E-state index contributed by atoms with van der Waals surface area (Å²) in [5.41, 5.74) is 0.283. The topological polar surface area (TPSA) is 65.1 Å². The molecule has 0 spiro atoms. The highest BCUT2D eigenvalue weighted by Gasteiger charge is 2.23. The van der Waals surface area contributed by atoms with E-state index in [1.807, 2.05) is 0 Å². The van der Waals surface area contributed by atoms with E-state index < -0.39 is 22.1 Å². The highest BCUT2D eigenvalue weighted by Crippen LogP contribution is 2.26.